The second kappa shape index (κ2) is 5.01. The third-order valence-corrected chi connectivity index (χ3v) is 3.81. The Morgan fingerprint density at radius 3 is 2.78 bits per heavy atom. The monoisotopic (exact) mass is 310 g/mol. The van der Waals surface area contributed by atoms with Gasteiger partial charge in [0.25, 0.3) is 0 Å². The molecule has 2 aromatic carbocycles. The topological polar surface area (TPSA) is 73.6 Å². The molecule has 1 aliphatic rings. The van der Waals surface area contributed by atoms with Crippen LogP contribution in [0.4, 0.5) is 0 Å². The van der Waals surface area contributed by atoms with Gasteiger partial charge in [-0.15, -0.1) is 0 Å². The minimum Gasteiger partial charge on any atom is -0.480 e. The highest BCUT2D eigenvalue weighted by molar-refractivity contribution is 5.86. The van der Waals surface area contributed by atoms with Gasteiger partial charge in [0.1, 0.15) is 12.4 Å². The van der Waals surface area contributed by atoms with Gasteiger partial charge in [0.05, 0.1) is 11.0 Å². The van der Waals surface area contributed by atoms with Crippen molar-refractivity contribution in [1.29, 1.82) is 0 Å². The molecule has 0 amide bonds. The second-order valence-electron chi connectivity index (χ2n) is 5.48. The van der Waals surface area contributed by atoms with E-state index in [2.05, 4.69) is 4.98 Å². The minimum absolute atomic E-state index is 0.167. The first-order valence-electron chi connectivity index (χ1n) is 7.20. The molecule has 3 aromatic rings. The lowest BCUT2D eigenvalue weighted by Gasteiger charge is -2.07. The van der Waals surface area contributed by atoms with Gasteiger partial charge in [-0.25, -0.2) is 4.98 Å². The molecule has 1 N–H and O–H groups in total. The van der Waals surface area contributed by atoms with E-state index < -0.39 is 5.97 Å². The zero-order chi connectivity index (χ0) is 16.0. The fourth-order valence-corrected chi connectivity index (χ4v) is 2.81. The molecule has 0 radical (unpaired) electrons. The Morgan fingerprint density at radius 2 is 2.04 bits per heavy atom. The number of aromatic nitrogens is 2. The number of nitrogens with zero attached hydrogens (tertiary/aromatic N) is 2. The van der Waals surface area contributed by atoms with Crippen LogP contribution >= 0.6 is 0 Å². The molecule has 1 aromatic heterocycles. The number of carboxylic acid groups (broad SMARTS) is 1. The van der Waals surface area contributed by atoms with Crippen molar-refractivity contribution in [1.82, 2.24) is 9.55 Å². The molecule has 0 saturated heterocycles. The lowest BCUT2D eigenvalue weighted by atomic mass is 10.1. The van der Waals surface area contributed by atoms with Crippen molar-refractivity contribution >= 4 is 17.0 Å². The maximum Gasteiger partial charge on any atom is 0.323 e. The third kappa shape index (κ3) is 2.28. The van der Waals surface area contributed by atoms with Gasteiger partial charge in [-0.2, -0.15) is 0 Å². The fraction of sp³-hybridized carbons (Fsp3) is 0.176. The highest BCUT2D eigenvalue weighted by Crippen LogP contribution is 2.37. The molecule has 4 rings (SSSR count). The van der Waals surface area contributed by atoms with Crippen molar-refractivity contribution in [3.8, 4) is 22.9 Å². The standard InChI is InChI=1S/C17H14N2O4/c1-10-3-2-4-11(5-10)17-18-12-6-14-15(23-9-22-14)7-13(12)19(17)8-16(20)21/h2-7H,8-9H2,1H3,(H,20,21). The largest absolute Gasteiger partial charge is 0.480 e. The smallest absolute Gasteiger partial charge is 0.323 e. The quantitative estimate of drug-likeness (QED) is 0.805. The predicted octanol–water partition coefficient (Wildman–Crippen LogP) is 2.83. The molecule has 0 bridgehead atoms. The molecule has 2 heterocycles. The number of carbonyl (C=O) groups is 1. The van der Waals surface area contributed by atoms with Crippen LogP contribution in [-0.2, 0) is 11.3 Å². The maximum absolute atomic E-state index is 11.3. The van der Waals surface area contributed by atoms with Gasteiger partial charge in [0, 0.05) is 17.7 Å². The van der Waals surface area contributed by atoms with Gasteiger partial charge in [-0.05, 0) is 13.0 Å². The third-order valence-electron chi connectivity index (χ3n) is 3.81. The van der Waals surface area contributed by atoms with Crippen molar-refractivity contribution in [2.45, 2.75) is 13.5 Å². The van der Waals surface area contributed by atoms with Crippen LogP contribution in [0, 0.1) is 6.92 Å². The normalized spacial score (nSPS) is 12.7. The number of aryl methyl sites for hydroxylation is 1. The molecule has 23 heavy (non-hydrogen) atoms. The Balaban J connectivity index is 1.97. The molecular formula is C17H14N2O4. The molecule has 0 spiro atoms. The minimum atomic E-state index is -0.920. The molecule has 0 unspecified atom stereocenters. The van der Waals surface area contributed by atoms with Gasteiger partial charge in [0.2, 0.25) is 6.79 Å². The van der Waals surface area contributed by atoms with E-state index in [0.717, 1.165) is 11.1 Å². The summed E-state index contributed by atoms with van der Waals surface area (Å²) in [4.78, 5) is 15.9. The predicted molar refractivity (Wildman–Crippen MR) is 83.7 cm³/mol. The molecule has 1 aliphatic heterocycles. The van der Waals surface area contributed by atoms with Gasteiger partial charge >= 0.3 is 5.97 Å². The van der Waals surface area contributed by atoms with E-state index >= 15 is 0 Å². The van der Waals surface area contributed by atoms with E-state index in [1.165, 1.54) is 0 Å². The highest BCUT2D eigenvalue weighted by Gasteiger charge is 2.20. The van der Waals surface area contributed by atoms with E-state index in [1.807, 2.05) is 31.2 Å². The summed E-state index contributed by atoms with van der Waals surface area (Å²) >= 11 is 0. The summed E-state index contributed by atoms with van der Waals surface area (Å²) in [6.07, 6.45) is 0. The lowest BCUT2D eigenvalue weighted by molar-refractivity contribution is -0.137. The van der Waals surface area contributed by atoms with Gasteiger partial charge in [-0.3, -0.25) is 4.79 Å². The Bertz CT molecular complexity index is 930. The molecule has 0 aliphatic carbocycles. The molecule has 6 heteroatoms. The van der Waals surface area contributed by atoms with Crippen LogP contribution < -0.4 is 9.47 Å². The average molecular weight is 310 g/mol. The van der Waals surface area contributed by atoms with E-state index in [1.54, 1.807) is 16.7 Å². The number of benzene rings is 2. The Kier molecular flexibility index (Phi) is 2.97. The van der Waals surface area contributed by atoms with E-state index in [0.29, 0.717) is 28.4 Å². The summed E-state index contributed by atoms with van der Waals surface area (Å²) in [5.41, 5.74) is 3.37. The zero-order valence-corrected chi connectivity index (χ0v) is 12.4. The number of hydrogen-bond acceptors (Lipinski definition) is 4. The fourth-order valence-electron chi connectivity index (χ4n) is 2.81. The lowest BCUT2D eigenvalue weighted by Crippen LogP contribution is -2.10. The summed E-state index contributed by atoms with van der Waals surface area (Å²) in [7, 11) is 0. The summed E-state index contributed by atoms with van der Waals surface area (Å²) in [5, 5.41) is 9.26. The molecule has 116 valence electrons. The Morgan fingerprint density at radius 1 is 1.26 bits per heavy atom. The number of fused-ring (bicyclic) bond motifs is 2. The van der Waals surface area contributed by atoms with Crippen LogP contribution in [0.1, 0.15) is 5.56 Å². The number of carboxylic acids is 1. The van der Waals surface area contributed by atoms with E-state index in [9.17, 15) is 9.90 Å². The number of imidazole rings is 1. The number of hydrogen-bond donors (Lipinski definition) is 1. The van der Waals surface area contributed by atoms with Gasteiger partial charge in [0.15, 0.2) is 11.5 Å². The summed E-state index contributed by atoms with van der Waals surface area (Å²) < 4.78 is 12.5. The number of ether oxygens (including phenoxy) is 2. The highest BCUT2D eigenvalue weighted by atomic mass is 16.7. The zero-order valence-electron chi connectivity index (χ0n) is 12.4. The Labute approximate surface area is 131 Å². The molecule has 0 saturated carbocycles. The number of aliphatic carboxylic acids is 1. The first-order chi connectivity index (χ1) is 11.1. The summed E-state index contributed by atoms with van der Waals surface area (Å²) in [5.74, 6) is 0.943. The maximum atomic E-state index is 11.3. The van der Waals surface area contributed by atoms with Crippen LogP contribution in [0.25, 0.3) is 22.4 Å². The number of rotatable bonds is 3. The van der Waals surface area contributed by atoms with Gasteiger partial charge in [-0.1, -0.05) is 23.8 Å². The van der Waals surface area contributed by atoms with Crippen molar-refractivity contribution < 1.29 is 19.4 Å². The second-order valence-corrected chi connectivity index (χ2v) is 5.48. The summed E-state index contributed by atoms with van der Waals surface area (Å²) in [6.45, 7) is 1.99. The van der Waals surface area contributed by atoms with Crippen molar-refractivity contribution in [3.63, 3.8) is 0 Å². The molecular weight excluding hydrogens is 296 g/mol. The first-order valence-corrected chi connectivity index (χ1v) is 7.20. The average Bonchev–Trinajstić information content (AvgIpc) is 3.09. The molecule has 0 atom stereocenters. The SMILES string of the molecule is Cc1cccc(-c2nc3cc4c(cc3n2CC(=O)O)OCO4)c1. The van der Waals surface area contributed by atoms with Crippen molar-refractivity contribution in [3.05, 3.63) is 42.0 Å². The molecule has 6 nitrogen and oxygen atoms in total. The first kappa shape index (κ1) is 13.6. The van der Waals surface area contributed by atoms with E-state index in [-0.39, 0.29) is 13.3 Å². The van der Waals surface area contributed by atoms with E-state index in [4.69, 9.17) is 9.47 Å². The van der Waals surface area contributed by atoms with Crippen LogP contribution in [0.3, 0.4) is 0 Å². The molecule has 0 fully saturated rings. The van der Waals surface area contributed by atoms with Crippen LogP contribution in [0.2, 0.25) is 0 Å². The Hall–Kier alpha value is -3.02. The van der Waals surface area contributed by atoms with Crippen LogP contribution in [-0.4, -0.2) is 27.4 Å². The van der Waals surface area contributed by atoms with Crippen LogP contribution in [0.5, 0.6) is 11.5 Å². The van der Waals surface area contributed by atoms with Crippen molar-refractivity contribution in [2.24, 2.45) is 0 Å². The van der Waals surface area contributed by atoms with Crippen LogP contribution in [0.15, 0.2) is 36.4 Å². The van der Waals surface area contributed by atoms with Crippen molar-refractivity contribution in [2.75, 3.05) is 6.79 Å². The van der Waals surface area contributed by atoms with Gasteiger partial charge < -0.3 is 19.1 Å². The summed E-state index contributed by atoms with van der Waals surface area (Å²) in [6, 6.07) is 11.4.